The molecule has 1 saturated carbocycles. The van der Waals surface area contributed by atoms with E-state index in [-0.39, 0.29) is 0 Å². The average molecular weight is 238 g/mol. The molecule has 0 atom stereocenters. The summed E-state index contributed by atoms with van der Waals surface area (Å²) in [5, 5.41) is 0.706. The molecule has 0 saturated heterocycles. The van der Waals surface area contributed by atoms with E-state index in [1.54, 1.807) is 7.11 Å². The Hall–Kier alpha value is -1.31. The lowest BCUT2D eigenvalue weighted by Gasteiger charge is -2.11. The third-order valence-corrected chi connectivity index (χ3v) is 3.00. The number of rotatable bonds is 4. The molecule has 1 aliphatic rings. The van der Waals surface area contributed by atoms with Crippen LogP contribution >= 0.6 is 11.6 Å². The quantitative estimate of drug-likeness (QED) is 0.596. The SMILES string of the molecule is COc1cc(CN=C=O)cc(Cl)c1C1CC1. The molecule has 0 heterocycles. The molecule has 1 aliphatic carbocycles. The predicted molar refractivity (Wildman–Crippen MR) is 61.8 cm³/mol. The van der Waals surface area contributed by atoms with Crippen LogP contribution in [0.15, 0.2) is 17.1 Å². The van der Waals surface area contributed by atoms with Crippen molar-refractivity contribution < 1.29 is 9.53 Å². The Bertz CT molecular complexity index is 449. The summed E-state index contributed by atoms with van der Waals surface area (Å²) in [5.74, 6) is 1.33. The van der Waals surface area contributed by atoms with Gasteiger partial charge in [-0.25, -0.2) is 9.79 Å². The van der Waals surface area contributed by atoms with Crippen molar-refractivity contribution >= 4 is 17.7 Å². The number of carbonyl (C=O) groups excluding carboxylic acids is 1. The number of isocyanates is 1. The van der Waals surface area contributed by atoms with Crippen LogP contribution in [0.3, 0.4) is 0 Å². The van der Waals surface area contributed by atoms with Crippen LogP contribution in [0.2, 0.25) is 5.02 Å². The summed E-state index contributed by atoms with van der Waals surface area (Å²) in [6, 6.07) is 3.74. The molecule has 0 unspecified atom stereocenters. The fourth-order valence-electron chi connectivity index (χ4n) is 1.80. The molecule has 16 heavy (non-hydrogen) atoms. The fraction of sp³-hybridized carbons (Fsp3) is 0.417. The van der Waals surface area contributed by atoms with Gasteiger partial charge in [0.1, 0.15) is 5.75 Å². The number of methoxy groups -OCH3 is 1. The van der Waals surface area contributed by atoms with Crippen molar-refractivity contribution in [3.8, 4) is 5.75 Å². The Balaban J connectivity index is 2.37. The van der Waals surface area contributed by atoms with Crippen LogP contribution in [0.4, 0.5) is 0 Å². The van der Waals surface area contributed by atoms with Gasteiger partial charge in [0.2, 0.25) is 6.08 Å². The van der Waals surface area contributed by atoms with Crippen LogP contribution in [0, 0.1) is 0 Å². The summed E-state index contributed by atoms with van der Waals surface area (Å²) in [4.78, 5) is 13.6. The number of benzene rings is 1. The number of aliphatic imine (C=N–C) groups is 1. The Labute approximate surface area is 99.1 Å². The molecule has 0 aromatic heterocycles. The maximum Gasteiger partial charge on any atom is 0.235 e. The second kappa shape index (κ2) is 4.69. The highest BCUT2D eigenvalue weighted by molar-refractivity contribution is 6.31. The molecular formula is C12H12ClNO2. The van der Waals surface area contributed by atoms with Crippen molar-refractivity contribution in [2.75, 3.05) is 7.11 Å². The van der Waals surface area contributed by atoms with Crippen molar-refractivity contribution in [3.63, 3.8) is 0 Å². The third kappa shape index (κ3) is 2.26. The first-order valence-corrected chi connectivity index (χ1v) is 5.54. The minimum absolute atomic E-state index is 0.296. The standard InChI is InChI=1S/C12H12ClNO2/c1-16-11-5-8(6-14-7-15)4-10(13)12(11)9-2-3-9/h4-5,9H,2-3,6H2,1H3. The zero-order valence-electron chi connectivity index (χ0n) is 9.00. The molecule has 0 amide bonds. The van der Waals surface area contributed by atoms with E-state index in [0.717, 1.165) is 16.9 Å². The van der Waals surface area contributed by atoms with Gasteiger partial charge in [0, 0.05) is 10.6 Å². The molecule has 84 valence electrons. The van der Waals surface area contributed by atoms with Gasteiger partial charge in [-0.05, 0) is 36.5 Å². The van der Waals surface area contributed by atoms with Crippen LogP contribution in [0.5, 0.6) is 5.75 Å². The highest BCUT2D eigenvalue weighted by Gasteiger charge is 2.29. The van der Waals surface area contributed by atoms with Crippen molar-refractivity contribution in [3.05, 3.63) is 28.3 Å². The van der Waals surface area contributed by atoms with E-state index in [1.165, 1.54) is 18.9 Å². The van der Waals surface area contributed by atoms with Crippen molar-refractivity contribution in [2.24, 2.45) is 4.99 Å². The smallest absolute Gasteiger partial charge is 0.235 e. The summed E-state index contributed by atoms with van der Waals surface area (Å²) in [5.41, 5.74) is 1.96. The van der Waals surface area contributed by atoms with Gasteiger partial charge in [0.15, 0.2) is 0 Å². The molecule has 0 aliphatic heterocycles. The molecule has 0 radical (unpaired) electrons. The van der Waals surface area contributed by atoms with Crippen molar-refractivity contribution in [1.29, 1.82) is 0 Å². The van der Waals surface area contributed by atoms with Crippen molar-refractivity contribution in [2.45, 2.75) is 25.3 Å². The highest BCUT2D eigenvalue weighted by atomic mass is 35.5. The largest absolute Gasteiger partial charge is 0.496 e. The molecule has 1 aromatic carbocycles. The zero-order valence-corrected chi connectivity index (χ0v) is 9.75. The summed E-state index contributed by atoms with van der Waals surface area (Å²) in [6.07, 6.45) is 3.85. The normalized spacial score (nSPS) is 14.4. The molecule has 4 heteroatoms. The van der Waals surface area contributed by atoms with E-state index in [4.69, 9.17) is 16.3 Å². The lowest BCUT2D eigenvalue weighted by atomic mass is 10.1. The number of ether oxygens (including phenoxy) is 1. The van der Waals surface area contributed by atoms with E-state index < -0.39 is 0 Å². The first kappa shape index (κ1) is 11.2. The Morgan fingerprint density at radius 1 is 1.56 bits per heavy atom. The van der Waals surface area contributed by atoms with E-state index in [2.05, 4.69) is 4.99 Å². The molecule has 0 bridgehead atoms. The number of hydrogen-bond acceptors (Lipinski definition) is 3. The maximum atomic E-state index is 10.0. The van der Waals surface area contributed by atoms with Gasteiger partial charge in [-0.1, -0.05) is 11.6 Å². The Morgan fingerprint density at radius 3 is 2.88 bits per heavy atom. The first-order chi connectivity index (χ1) is 7.76. The van der Waals surface area contributed by atoms with E-state index in [9.17, 15) is 4.79 Å². The minimum Gasteiger partial charge on any atom is -0.496 e. The molecule has 1 aromatic rings. The molecule has 2 rings (SSSR count). The van der Waals surface area contributed by atoms with Crippen LogP contribution in [-0.4, -0.2) is 13.2 Å². The molecule has 1 fully saturated rings. The number of halogens is 1. The van der Waals surface area contributed by atoms with E-state index in [1.807, 2.05) is 12.1 Å². The number of nitrogens with zero attached hydrogens (tertiary/aromatic N) is 1. The summed E-state index contributed by atoms with van der Waals surface area (Å²) < 4.78 is 5.32. The Morgan fingerprint density at radius 2 is 2.31 bits per heavy atom. The van der Waals surface area contributed by atoms with Gasteiger partial charge in [-0.2, -0.15) is 0 Å². The van der Waals surface area contributed by atoms with E-state index >= 15 is 0 Å². The average Bonchev–Trinajstić information content (AvgIpc) is 3.09. The minimum atomic E-state index is 0.296. The van der Waals surface area contributed by atoms with E-state index in [0.29, 0.717) is 17.5 Å². The summed E-state index contributed by atoms with van der Waals surface area (Å²) in [6.45, 7) is 0.296. The highest BCUT2D eigenvalue weighted by Crippen LogP contribution is 2.47. The van der Waals surface area contributed by atoms with Crippen molar-refractivity contribution in [1.82, 2.24) is 0 Å². The maximum absolute atomic E-state index is 10.0. The Kier molecular flexibility index (Phi) is 3.28. The first-order valence-electron chi connectivity index (χ1n) is 5.16. The summed E-state index contributed by atoms with van der Waals surface area (Å²) in [7, 11) is 1.63. The molecule has 0 spiro atoms. The monoisotopic (exact) mass is 237 g/mol. The second-order valence-electron chi connectivity index (χ2n) is 3.88. The van der Waals surface area contributed by atoms with Crippen LogP contribution < -0.4 is 4.74 Å². The van der Waals surface area contributed by atoms with Gasteiger partial charge < -0.3 is 4.74 Å². The summed E-state index contributed by atoms with van der Waals surface area (Å²) >= 11 is 6.21. The van der Waals surface area contributed by atoms with Gasteiger partial charge in [-0.3, -0.25) is 0 Å². The predicted octanol–water partition coefficient (Wildman–Crippen LogP) is 3.06. The van der Waals surface area contributed by atoms with Crippen LogP contribution in [0.1, 0.15) is 29.9 Å². The topological polar surface area (TPSA) is 38.7 Å². The van der Waals surface area contributed by atoms with Crippen LogP contribution in [0.25, 0.3) is 0 Å². The fourth-order valence-corrected chi connectivity index (χ4v) is 2.19. The van der Waals surface area contributed by atoms with Crippen LogP contribution in [-0.2, 0) is 11.3 Å². The number of hydrogen-bond donors (Lipinski definition) is 0. The third-order valence-electron chi connectivity index (χ3n) is 2.68. The van der Waals surface area contributed by atoms with Gasteiger partial charge in [0.05, 0.1) is 13.7 Å². The van der Waals surface area contributed by atoms with Gasteiger partial charge in [-0.15, -0.1) is 0 Å². The van der Waals surface area contributed by atoms with Gasteiger partial charge >= 0.3 is 0 Å². The molecule has 3 nitrogen and oxygen atoms in total. The molecule has 0 N–H and O–H groups in total. The lowest BCUT2D eigenvalue weighted by Crippen LogP contribution is -1.94. The van der Waals surface area contributed by atoms with Gasteiger partial charge in [0.25, 0.3) is 0 Å². The zero-order chi connectivity index (χ0) is 11.5. The second-order valence-corrected chi connectivity index (χ2v) is 4.28. The molecular weight excluding hydrogens is 226 g/mol. The lowest BCUT2D eigenvalue weighted by molar-refractivity contribution is 0.409.